The average molecular weight is 366 g/mol. The number of carbonyl (C=O) groups excluding carboxylic acids is 2. The van der Waals surface area contributed by atoms with Crippen LogP contribution in [0, 0.1) is 5.92 Å². The zero-order chi connectivity index (χ0) is 18.9. The fraction of sp³-hybridized carbons (Fsp3) is 0.381. The molecule has 1 aromatic carbocycles. The minimum Gasteiger partial charge on any atom is -0.348 e. The van der Waals surface area contributed by atoms with Crippen LogP contribution in [0.15, 0.2) is 54.9 Å². The van der Waals surface area contributed by atoms with Gasteiger partial charge in [-0.1, -0.05) is 36.4 Å². The molecule has 1 aliphatic heterocycles. The molecular formula is C21H26N4O2. The van der Waals surface area contributed by atoms with Crippen LogP contribution in [0.4, 0.5) is 0 Å². The number of rotatable bonds is 6. The van der Waals surface area contributed by atoms with Gasteiger partial charge in [0.15, 0.2) is 0 Å². The van der Waals surface area contributed by atoms with E-state index in [0.29, 0.717) is 19.0 Å². The number of likely N-dealkylation sites (tertiary alicyclic amines) is 1. The van der Waals surface area contributed by atoms with Gasteiger partial charge in [0, 0.05) is 32.0 Å². The molecule has 0 unspecified atom stereocenters. The van der Waals surface area contributed by atoms with E-state index in [9.17, 15) is 9.59 Å². The van der Waals surface area contributed by atoms with Crippen LogP contribution in [-0.2, 0) is 22.7 Å². The van der Waals surface area contributed by atoms with Crippen molar-refractivity contribution in [2.45, 2.75) is 25.9 Å². The molecule has 0 bridgehead atoms. The van der Waals surface area contributed by atoms with Crippen molar-refractivity contribution in [3.8, 4) is 0 Å². The Kier molecular flexibility index (Phi) is 6.93. The van der Waals surface area contributed by atoms with Gasteiger partial charge >= 0.3 is 11.8 Å². The lowest BCUT2D eigenvalue weighted by atomic mass is 9.96. The molecule has 3 rings (SSSR count). The summed E-state index contributed by atoms with van der Waals surface area (Å²) in [5, 5.41) is 5.43. The van der Waals surface area contributed by atoms with Crippen molar-refractivity contribution in [1.29, 1.82) is 0 Å². The quantitative estimate of drug-likeness (QED) is 0.764. The van der Waals surface area contributed by atoms with E-state index in [1.807, 2.05) is 42.6 Å². The third kappa shape index (κ3) is 6.18. The topological polar surface area (TPSA) is 74.3 Å². The van der Waals surface area contributed by atoms with Crippen LogP contribution in [0.3, 0.4) is 0 Å². The number of nitrogens with zero attached hydrogens (tertiary/aromatic N) is 2. The lowest BCUT2D eigenvalue weighted by Gasteiger charge is -2.31. The molecule has 2 N–H and O–H groups in total. The Morgan fingerprint density at radius 3 is 2.37 bits per heavy atom. The third-order valence-corrected chi connectivity index (χ3v) is 4.89. The lowest BCUT2D eigenvalue weighted by Crippen LogP contribution is -2.43. The van der Waals surface area contributed by atoms with Crippen LogP contribution in [-0.4, -0.2) is 41.3 Å². The Hall–Kier alpha value is -2.73. The van der Waals surface area contributed by atoms with Gasteiger partial charge in [0.2, 0.25) is 0 Å². The number of carbonyl (C=O) groups is 2. The molecule has 2 aromatic rings. The summed E-state index contributed by atoms with van der Waals surface area (Å²) in [5.74, 6) is -0.711. The summed E-state index contributed by atoms with van der Waals surface area (Å²) >= 11 is 0. The third-order valence-electron chi connectivity index (χ3n) is 4.89. The first kappa shape index (κ1) is 19.0. The highest BCUT2D eigenvalue weighted by molar-refractivity contribution is 6.35. The fourth-order valence-electron chi connectivity index (χ4n) is 3.27. The highest BCUT2D eigenvalue weighted by atomic mass is 16.2. The Labute approximate surface area is 160 Å². The predicted molar refractivity (Wildman–Crippen MR) is 104 cm³/mol. The molecule has 0 aliphatic carbocycles. The van der Waals surface area contributed by atoms with Gasteiger partial charge in [-0.25, -0.2) is 0 Å². The van der Waals surface area contributed by atoms with E-state index in [1.165, 1.54) is 5.56 Å². The van der Waals surface area contributed by atoms with E-state index in [0.717, 1.165) is 38.0 Å². The molecule has 0 atom stereocenters. The number of piperidine rings is 1. The monoisotopic (exact) mass is 366 g/mol. The summed E-state index contributed by atoms with van der Waals surface area (Å²) in [5.41, 5.74) is 2.19. The maximum absolute atomic E-state index is 12.0. The first-order chi connectivity index (χ1) is 13.2. The molecule has 1 saturated heterocycles. The van der Waals surface area contributed by atoms with E-state index in [2.05, 4.69) is 26.6 Å². The average Bonchev–Trinajstić information content (AvgIpc) is 2.73. The molecule has 6 nitrogen and oxygen atoms in total. The van der Waals surface area contributed by atoms with Crippen molar-refractivity contribution < 1.29 is 9.59 Å². The van der Waals surface area contributed by atoms with Gasteiger partial charge < -0.3 is 10.6 Å². The number of pyridine rings is 1. The molecule has 1 fully saturated rings. The molecule has 0 spiro atoms. The summed E-state index contributed by atoms with van der Waals surface area (Å²) in [6.45, 7) is 3.82. The van der Waals surface area contributed by atoms with Crippen LogP contribution in [0.1, 0.15) is 24.0 Å². The summed E-state index contributed by atoms with van der Waals surface area (Å²) < 4.78 is 0. The second kappa shape index (κ2) is 9.83. The number of hydrogen-bond donors (Lipinski definition) is 2. The molecular weight excluding hydrogens is 340 g/mol. The second-order valence-electron chi connectivity index (χ2n) is 6.96. The number of benzene rings is 1. The second-order valence-corrected chi connectivity index (χ2v) is 6.96. The van der Waals surface area contributed by atoms with Gasteiger partial charge in [-0.05, 0) is 49.0 Å². The molecule has 142 valence electrons. The fourth-order valence-corrected chi connectivity index (χ4v) is 3.27. The SMILES string of the molecule is O=C(NCc1ccccc1)C(=O)NCC1CCN(Cc2cccnc2)CC1. The number of amides is 2. The van der Waals surface area contributed by atoms with Crippen LogP contribution >= 0.6 is 0 Å². The van der Waals surface area contributed by atoms with Crippen molar-refractivity contribution >= 4 is 11.8 Å². The molecule has 2 heterocycles. The maximum Gasteiger partial charge on any atom is 0.309 e. The van der Waals surface area contributed by atoms with Gasteiger partial charge in [-0.2, -0.15) is 0 Å². The number of hydrogen-bond acceptors (Lipinski definition) is 4. The Morgan fingerprint density at radius 1 is 0.963 bits per heavy atom. The van der Waals surface area contributed by atoms with Crippen LogP contribution < -0.4 is 10.6 Å². The van der Waals surface area contributed by atoms with Gasteiger partial charge in [-0.15, -0.1) is 0 Å². The van der Waals surface area contributed by atoms with E-state index in [-0.39, 0.29) is 0 Å². The molecule has 0 radical (unpaired) electrons. The number of aromatic nitrogens is 1. The zero-order valence-electron chi connectivity index (χ0n) is 15.4. The van der Waals surface area contributed by atoms with E-state index in [4.69, 9.17) is 0 Å². The van der Waals surface area contributed by atoms with Crippen molar-refractivity contribution in [1.82, 2.24) is 20.5 Å². The van der Waals surface area contributed by atoms with Gasteiger partial charge in [-0.3, -0.25) is 19.5 Å². The highest BCUT2D eigenvalue weighted by Crippen LogP contribution is 2.18. The van der Waals surface area contributed by atoms with Gasteiger partial charge in [0.25, 0.3) is 0 Å². The van der Waals surface area contributed by atoms with E-state index < -0.39 is 11.8 Å². The minimum absolute atomic E-state index is 0.361. The molecule has 1 aromatic heterocycles. The van der Waals surface area contributed by atoms with Crippen molar-refractivity contribution in [3.05, 3.63) is 66.0 Å². The summed E-state index contributed by atoms with van der Waals surface area (Å²) in [7, 11) is 0. The summed E-state index contributed by atoms with van der Waals surface area (Å²) in [4.78, 5) is 30.4. The smallest absolute Gasteiger partial charge is 0.309 e. The maximum atomic E-state index is 12.0. The van der Waals surface area contributed by atoms with Gasteiger partial charge in [0.05, 0.1) is 0 Å². The first-order valence-corrected chi connectivity index (χ1v) is 9.42. The molecule has 2 amide bonds. The standard InChI is InChI=1S/C21H26N4O2/c26-20(23-14-17-5-2-1-3-6-17)21(27)24-15-18-8-11-25(12-9-18)16-19-7-4-10-22-13-19/h1-7,10,13,18H,8-9,11-12,14-16H2,(H,23,26)(H,24,27). The Bertz CT molecular complexity index is 728. The molecule has 27 heavy (non-hydrogen) atoms. The normalized spacial score (nSPS) is 15.3. The molecule has 1 aliphatic rings. The Morgan fingerprint density at radius 2 is 1.67 bits per heavy atom. The highest BCUT2D eigenvalue weighted by Gasteiger charge is 2.21. The van der Waals surface area contributed by atoms with Crippen LogP contribution in [0.25, 0.3) is 0 Å². The first-order valence-electron chi connectivity index (χ1n) is 9.42. The zero-order valence-corrected chi connectivity index (χ0v) is 15.4. The lowest BCUT2D eigenvalue weighted by molar-refractivity contribution is -0.139. The van der Waals surface area contributed by atoms with Crippen molar-refractivity contribution in [2.24, 2.45) is 5.92 Å². The Balaban J connectivity index is 1.33. The summed E-state index contributed by atoms with van der Waals surface area (Å²) in [6, 6.07) is 13.6. The van der Waals surface area contributed by atoms with E-state index in [1.54, 1.807) is 6.20 Å². The largest absolute Gasteiger partial charge is 0.348 e. The van der Waals surface area contributed by atoms with E-state index >= 15 is 0 Å². The summed E-state index contributed by atoms with van der Waals surface area (Å²) in [6.07, 6.45) is 5.73. The van der Waals surface area contributed by atoms with Crippen molar-refractivity contribution in [2.75, 3.05) is 19.6 Å². The molecule has 0 saturated carbocycles. The van der Waals surface area contributed by atoms with Crippen LogP contribution in [0.2, 0.25) is 0 Å². The van der Waals surface area contributed by atoms with Crippen molar-refractivity contribution in [3.63, 3.8) is 0 Å². The predicted octanol–water partition coefficient (Wildman–Crippen LogP) is 1.73. The minimum atomic E-state index is -0.576. The molecule has 6 heteroatoms. The van der Waals surface area contributed by atoms with Crippen LogP contribution in [0.5, 0.6) is 0 Å². The number of nitrogens with one attached hydrogen (secondary N) is 2. The van der Waals surface area contributed by atoms with Gasteiger partial charge in [0.1, 0.15) is 0 Å².